The lowest BCUT2D eigenvalue weighted by Crippen LogP contribution is -2.37. The van der Waals surface area contributed by atoms with Crippen molar-refractivity contribution in [2.75, 3.05) is 33.8 Å². The van der Waals surface area contributed by atoms with Crippen LogP contribution in [0.25, 0.3) is 0 Å². The van der Waals surface area contributed by atoms with Gasteiger partial charge >= 0.3 is 0 Å². The van der Waals surface area contributed by atoms with Crippen molar-refractivity contribution in [2.24, 2.45) is 5.73 Å². The highest BCUT2D eigenvalue weighted by Crippen LogP contribution is 2.42. The molecule has 1 aromatic carbocycles. The topological polar surface area (TPSA) is 47.7 Å². The summed E-state index contributed by atoms with van der Waals surface area (Å²) in [5, 5.41) is 0. The largest absolute Gasteiger partial charge is 0.493 e. The van der Waals surface area contributed by atoms with Gasteiger partial charge in [0.25, 0.3) is 0 Å². The Bertz CT molecular complexity index is 532. The summed E-state index contributed by atoms with van der Waals surface area (Å²) in [7, 11) is 3.89. The molecule has 0 amide bonds. The van der Waals surface area contributed by atoms with E-state index in [0.717, 1.165) is 37.4 Å². The van der Waals surface area contributed by atoms with E-state index in [2.05, 4.69) is 30.1 Å². The predicted molar refractivity (Wildman–Crippen MR) is 98.0 cm³/mol. The highest BCUT2D eigenvalue weighted by Gasteiger charge is 2.33. The number of hydrogen-bond acceptors (Lipinski definition) is 4. The molecule has 0 unspecified atom stereocenters. The molecular weight excluding hydrogens is 300 g/mol. The third kappa shape index (κ3) is 3.70. The number of ether oxygens (including phenoxy) is 2. The molecule has 0 spiro atoms. The minimum Gasteiger partial charge on any atom is -0.493 e. The summed E-state index contributed by atoms with van der Waals surface area (Å²) in [5.41, 5.74) is 7.66. The van der Waals surface area contributed by atoms with Gasteiger partial charge in [-0.05, 0) is 50.4 Å². The van der Waals surface area contributed by atoms with E-state index in [-0.39, 0.29) is 11.5 Å². The van der Waals surface area contributed by atoms with Crippen LogP contribution in [0.15, 0.2) is 18.2 Å². The van der Waals surface area contributed by atoms with Gasteiger partial charge in [-0.15, -0.1) is 0 Å². The lowest BCUT2D eigenvalue weighted by molar-refractivity contribution is 0.111. The van der Waals surface area contributed by atoms with Crippen molar-refractivity contribution in [2.45, 2.75) is 56.5 Å². The molecule has 1 saturated carbocycles. The van der Waals surface area contributed by atoms with Gasteiger partial charge < -0.3 is 20.1 Å². The summed E-state index contributed by atoms with van der Waals surface area (Å²) < 4.78 is 11.9. The number of rotatable bonds is 5. The van der Waals surface area contributed by atoms with Crippen molar-refractivity contribution in [3.63, 3.8) is 0 Å². The van der Waals surface area contributed by atoms with E-state index in [4.69, 9.17) is 15.2 Å². The van der Waals surface area contributed by atoms with Crippen LogP contribution in [0, 0.1) is 0 Å². The molecule has 4 heteroatoms. The second kappa shape index (κ2) is 7.75. The van der Waals surface area contributed by atoms with Crippen molar-refractivity contribution in [3.05, 3.63) is 23.8 Å². The monoisotopic (exact) mass is 332 g/mol. The highest BCUT2D eigenvalue weighted by molar-refractivity contribution is 5.45. The molecule has 0 aromatic heterocycles. The normalized spacial score (nSPS) is 22.3. The van der Waals surface area contributed by atoms with Gasteiger partial charge in [-0.25, -0.2) is 0 Å². The Kier molecular flexibility index (Phi) is 5.67. The van der Waals surface area contributed by atoms with E-state index < -0.39 is 0 Å². The number of hydrogen-bond donors (Lipinski definition) is 1. The number of nitrogens with two attached hydrogens (primary N) is 1. The zero-order valence-corrected chi connectivity index (χ0v) is 15.2. The number of nitrogens with zero attached hydrogens (tertiary/aromatic N) is 1. The molecule has 1 heterocycles. The van der Waals surface area contributed by atoms with Crippen LogP contribution in [0.2, 0.25) is 0 Å². The lowest BCUT2D eigenvalue weighted by atomic mass is 9.69. The van der Waals surface area contributed by atoms with Crippen LogP contribution in [-0.4, -0.2) is 44.8 Å². The van der Waals surface area contributed by atoms with Gasteiger partial charge in [-0.2, -0.15) is 0 Å². The molecule has 134 valence electrons. The third-order valence-corrected chi connectivity index (χ3v) is 5.94. The molecule has 1 aromatic rings. The molecule has 4 nitrogen and oxygen atoms in total. The van der Waals surface area contributed by atoms with Gasteiger partial charge in [0, 0.05) is 25.0 Å². The van der Waals surface area contributed by atoms with Gasteiger partial charge in [0.2, 0.25) is 0 Å². The maximum atomic E-state index is 6.35. The zero-order chi connectivity index (χ0) is 17.0. The molecule has 0 bridgehead atoms. The number of methoxy groups -OCH3 is 1. The van der Waals surface area contributed by atoms with Crippen LogP contribution in [-0.2, 0) is 5.41 Å². The molecule has 1 aliphatic carbocycles. The van der Waals surface area contributed by atoms with E-state index in [9.17, 15) is 0 Å². The molecule has 24 heavy (non-hydrogen) atoms. The third-order valence-electron chi connectivity index (χ3n) is 5.94. The average molecular weight is 332 g/mol. The minimum absolute atomic E-state index is 0.120. The zero-order valence-electron chi connectivity index (χ0n) is 15.2. The van der Waals surface area contributed by atoms with Crippen molar-refractivity contribution >= 4 is 0 Å². The molecule has 2 N–H and O–H groups in total. The highest BCUT2D eigenvalue weighted by atomic mass is 16.5. The van der Waals surface area contributed by atoms with Crippen molar-refractivity contribution in [1.82, 2.24) is 4.90 Å². The Morgan fingerprint density at radius 3 is 2.46 bits per heavy atom. The summed E-state index contributed by atoms with van der Waals surface area (Å²) in [6, 6.07) is 6.46. The molecular formula is C20H32N2O2. The van der Waals surface area contributed by atoms with Gasteiger partial charge in [0.05, 0.1) is 7.11 Å². The van der Waals surface area contributed by atoms with Crippen LogP contribution in [0.3, 0.4) is 0 Å². The molecule has 2 aliphatic rings. The fourth-order valence-corrected chi connectivity index (χ4v) is 4.22. The minimum atomic E-state index is 0.120. The molecule has 0 radical (unpaired) electrons. The summed E-state index contributed by atoms with van der Waals surface area (Å²) >= 11 is 0. The van der Waals surface area contributed by atoms with E-state index in [1.165, 1.54) is 37.7 Å². The van der Waals surface area contributed by atoms with Gasteiger partial charge in [-0.1, -0.05) is 25.3 Å². The van der Waals surface area contributed by atoms with Crippen LogP contribution in [0.4, 0.5) is 0 Å². The Hall–Kier alpha value is -1.26. The molecule has 1 saturated heterocycles. The standard InChI is InChI=1S/C20H32N2O2/c1-22-12-8-17(9-13-22)24-19-14-16(6-7-18(19)23-2)20(15-21)10-4-3-5-11-20/h6-7,14,17H,3-5,8-13,15,21H2,1-2H3. The van der Waals surface area contributed by atoms with E-state index in [1.54, 1.807) is 7.11 Å². The van der Waals surface area contributed by atoms with E-state index in [1.807, 2.05) is 0 Å². The van der Waals surface area contributed by atoms with Crippen molar-refractivity contribution in [3.8, 4) is 11.5 Å². The van der Waals surface area contributed by atoms with Crippen LogP contribution in [0.1, 0.15) is 50.5 Å². The molecule has 3 rings (SSSR count). The first-order chi connectivity index (χ1) is 11.7. The van der Waals surface area contributed by atoms with Crippen molar-refractivity contribution < 1.29 is 9.47 Å². The molecule has 1 aliphatic heterocycles. The molecule has 0 atom stereocenters. The second-order valence-corrected chi connectivity index (χ2v) is 7.53. The lowest BCUT2D eigenvalue weighted by Gasteiger charge is -2.37. The Morgan fingerprint density at radius 2 is 1.83 bits per heavy atom. The van der Waals surface area contributed by atoms with Gasteiger partial charge in [-0.3, -0.25) is 0 Å². The summed E-state index contributed by atoms with van der Waals surface area (Å²) in [6.45, 7) is 2.91. The predicted octanol–water partition coefficient (Wildman–Crippen LogP) is 3.33. The van der Waals surface area contributed by atoms with Crippen LogP contribution >= 0.6 is 0 Å². The van der Waals surface area contributed by atoms with Crippen LogP contribution in [0.5, 0.6) is 11.5 Å². The van der Waals surface area contributed by atoms with E-state index in [0.29, 0.717) is 6.54 Å². The quantitative estimate of drug-likeness (QED) is 0.898. The summed E-state index contributed by atoms with van der Waals surface area (Å²) in [4.78, 5) is 2.36. The fourth-order valence-electron chi connectivity index (χ4n) is 4.22. The molecule has 2 fully saturated rings. The first kappa shape index (κ1) is 17.6. The average Bonchev–Trinajstić information content (AvgIpc) is 2.64. The first-order valence-electron chi connectivity index (χ1n) is 9.41. The summed E-state index contributed by atoms with van der Waals surface area (Å²) in [6.07, 6.45) is 8.68. The number of likely N-dealkylation sites (tertiary alicyclic amines) is 1. The fraction of sp³-hybridized carbons (Fsp3) is 0.700. The van der Waals surface area contributed by atoms with Gasteiger partial charge in [0.15, 0.2) is 11.5 Å². The second-order valence-electron chi connectivity index (χ2n) is 7.53. The smallest absolute Gasteiger partial charge is 0.161 e. The number of benzene rings is 1. The van der Waals surface area contributed by atoms with E-state index >= 15 is 0 Å². The summed E-state index contributed by atoms with van der Waals surface area (Å²) in [5.74, 6) is 1.73. The first-order valence-corrected chi connectivity index (χ1v) is 9.41. The Balaban J connectivity index is 1.82. The van der Waals surface area contributed by atoms with Gasteiger partial charge in [0.1, 0.15) is 6.10 Å². The van der Waals surface area contributed by atoms with Crippen molar-refractivity contribution in [1.29, 1.82) is 0 Å². The number of piperidine rings is 1. The Labute approximate surface area is 146 Å². The maximum absolute atomic E-state index is 6.35. The maximum Gasteiger partial charge on any atom is 0.161 e. The SMILES string of the molecule is COc1ccc(C2(CN)CCCCC2)cc1OC1CCN(C)CC1. The Morgan fingerprint density at radius 1 is 1.12 bits per heavy atom. The van der Waals surface area contributed by atoms with Crippen LogP contribution < -0.4 is 15.2 Å².